The molecule has 0 spiro atoms. The van der Waals surface area contributed by atoms with Crippen LogP contribution in [0.15, 0.2) is 53.7 Å². The summed E-state index contributed by atoms with van der Waals surface area (Å²) < 4.78 is 26.1. The van der Waals surface area contributed by atoms with E-state index in [0.29, 0.717) is 11.6 Å². The number of ketones is 1. The third kappa shape index (κ3) is 4.33. The topological polar surface area (TPSA) is 45.8 Å². The first-order chi connectivity index (χ1) is 12.0. The zero-order chi connectivity index (χ0) is 17.8. The van der Waals surface area contributed by atoms with Gasteiger partial charge >= 0.3 is 0 Å². The molecule has 0 aliphatic carbocycles. The normalized spacial score (nSPS) is 10.8. The molecule has 0 atom stereocenters. The molecule has 25 heavy (non-hydrogen) atoms. The number of imidazole rings is 1. The molecular formula is C19H16F2N2OS. The van der Waals surface area contributed by atoms with Crippen molar-refractivity contribution in [3.63, 3.8) is 0 Å². The van der Waals surface area contributed by atoms with E-state index < -0.39 is 11.6 Å². The van der Waals surface area contributed by atoms with Crippen molar-refractivity contribution in [2.75, 3.05) is 5.75 Å². The van der Waals surface area contributed by atoms with Gasteiger partial charge in [0.1, 0.15) is 0 Å². The number of carbonyl (C=O) groups excluding carboxylic acids is 1. The van der Waals surface area contributed by atoms with Crippen molar-refractivity contribution in [2.45, 2.75) is 18.5 Å². The Labute approximate surface area is 148 Å². The summed E-state index contributed by atoms with van der Waals surface area (Å²) in [5, 5.41) is 0.638. The number of aromatic nitrogens is 2. The highest BCUT2D eigenvalue weighted by molar-refractivity contribution is 7.99. The molecule has 0 unspecified atom stereocenters. The molecule has 1 aromatic heterocycles. The molecular weight excluding hydrogens is 342 g/mol. The van der Waals surface area contributed by atoms with E-state index in [4.69, 9.17) is 0 Å². The second-order valence-electron chi connectivity index (χ2n) is 5.62. The molecule has 0 aliphatic heterocycles. The van der Waals surface area contributed by atoms with E-state index in [1.807, 2.05) is 37.3 Å². The van der Waals surface area contributed by atoms with Crippen molar-refractivity contribution in [1.29, 1.82) is 0 Å². The summed E-state index contributed by atoms with van der Waals surface area (Å²) in [6.45, 7) is 1.94. The molecule has 1 heterocycles. The van der Waals surface area contributed by atoms with Gasteiger partial charge in [0.15, 0.2) is 22.6 Å². The number of aromatic amines is 1. The number of hydrogen-bond donors (Lipinski definition) is 1. The predicted octanol–water partition coefficient (Wildman–Crippen LogP) is 4.56. The Morgan fingerprint density at radius 3 is 2.60 bits per heavy atom. The standard InChI is InChI=1S/C19H16F2N2OS/c1-12-17(9-13-5-3-2-4-6-13)23-19(22-12)25-11-18(24)14-7-8-15(20)16(21)10-14/h2-8,10H,9,11H2,1H3,(H,22,23). The lowest BCUT2D eigenvalue weighted by Crippen LogP contribution is -2.03. The summed E-state index contributed by atoms with van der Waals surface area (Å²) in [4.78, 5) is 19.8. The first kappa shape index (κ1) is 17.4. The smallest absolute Gasteiger partial charge is 0.173 e. The Morgan fingerprint density at radius 1 is 1.12 bits per heavy atom. The first-order valence-electron chi connectivity index (χ1n) is 7.73. The average Bonchev–Trinajstić information content (AvgIpc) is 2.96. The quantitative estimate of drug-likeness (QED) is 0.519. The lowest BCUT2D eigenvalue weighted by molar-refractivity contribution is 0.102. The number of thioether (sulfide) groups is 1. The number of hydrogen-bond acceptors (Lipinski definition) is 3. The van der Waals surface area contributed by atoms with E-state index in [1.54, 1.807) is 0 Å². The van der Waals surface area contributed by atoms with Crippen molar-refractivity contribution in [2.24, 2.45) is 0 Å². The minimum absolute atomic E-state index is 0.100. The summed E-state index contributed by atoms with van der Waals surface area (Å²) in [6.07, 6.45) is 0.709. The Morgan fingerprint density at radius 2 is 1.88 bits per heavy atom. The number of H-pyrrole nitrogens is 1. The molecule has 0 fully saturated rings. The van der Waals surface area contributed by atoms with Crippen LogP contribution in [-0.4, -0.2) is 21.5 Å². The number of carbonyl (C=O) groups is 1. The van der Waals surface area contributed by atoms with Crippen LogP contribution in [0.5, 0.6) is 0 Å². The molecule has 1 N–H and O–H groups in total. The fourth-order valence-corrected chi connectivity index (χ4v) is 3.22. The molecule has 0 saturated heterocycles. The van der Waals surface area contributed by atoms with Crippen LogP contribution < -0.4 is 0 Å². The van der Waals surface area contributed by atoms with Gasteiger partial charge in [0.25, 0.3) is 0 Å². The van der Waals surface area contributed by atoms with Crippen molar-refractivity contribution in [1.82, 2.24) is 9.97 Å². The van der Waals surface area contributed by atoms with Gasteiger partial charge in [-0.2, -0.15) is 0 Å². The molecule has 6 heteroatoms. The zero-order valence-electron chi connectivity index (χ0n) is 13.6. The molecule has 0 aliphatic rings. The van der Waals surface area contributed by atoms with Crippen LogP contribution in [0.4, 0.5) is 8.78 Å². The number of benzene rings is 2. The molecule has 0 bridgehead atoms. The van der Waals surface area contributed by atoms with E-state index >= 15 is 0 Å². The largest absolute Gasteiger partial charge is 0.337 e. The maximum atomic E-state index is 13.2. The Hall–Kier alpha value is -2.47. The lowest BCUT2D eigenvalue weighted by atomic mass is 10.1. The zero-order valence-corrected chi connectivity index (χ0v) is 14.4. The minimum atomic E-state index is -1.02. The van der Waals surface area contributed by atoms with E-state index in [1.165, 1.54) is 17.8 Å². The minimum Gasteiger partial charge on any atom is -0.337 e. The molecule has 2 aromatic carbocycles. The summed E-state index contributed by atoms with van der Waals surface area (Å²) in [6, 6.07) is 13.2. The predicted molar refractivity (Wildman–Crippen MR) is 94.0 cm³/mol. The van der Waals surface area contributed by atoms with Gasteiger partial charge in [0.05, 0.1) is 11.4 Å². The van der Waals surface area contributed by atoms with Gasteiger partial charge in [-0.3, -0.25) is 4.79 Å². The summed E-state index contributed by atoms with van der Waals surface area (Å²) >= 11 is 1.25. The van der Waals surface area contributed by atoms with Crippen LogP contribution >= 0.6 is 11.8 Å². The molecule has 128 valence electrons. The number of aryl methyl sites for hydroxylation is 1. The van der Waals surface area contributed by atoms with Crippen LogP contribution in [0.2, 0.25) is 0 Å². The van der Waals surface area contributed by atoms with Crippen molar-refractivity contribution in [3.05, 3.63) is 82.7 Å². The van der Waals surface area contributed by atoms with Gasteiger partial charge in [-0.25, -0.2) is 13.8 Å². The summed E-state index contributed by atoms with van der Waals surface area (Å²) in [5.74, 6) is -2.16. The van der Waals surface area contributed by atoms with Gasteiger partial charge in [0.2, 0.25) is 0 Å². The lowest BCUT2D eigenvalue weighted by Gasteiger charge is -2.00. The number of halogens is 2. The van der Waals surface area contributed by atoms with Crippen LogP contribution in [-0.2, 0) is 6.42 Å². The number of nitrogens with zero attached hydrogens (tertiary/aromatic N) is 1. The van der Waals surface area contributed by atoms with Crippen LogP contribution in [0.1, 0.15) is 27.3 Å². The third-order valence-corrected chi connectivity index (χ3v) is 4.63. The monoisotopic (exact) mass is 358 g/mol. The number of Topliss-reactive ketones (excluding diaryl/α,β-unsaturated/α-hetero) is 1. The maximum absolute atomic E-state index is 13.2. The second kappa shape index (κ2) is 7.61. The van der Waals surface area contributed by atoms with Gasteiger partial charge in [-0.1, -0.05) is 42.1 Å². The van der Waals surface area contributed by atoms with E-state index in [0.717, 1.165) is 29.1 Å². The third-order valence-electron chi connectivity index (χ3n) is 3.76. The Kier molecular flexibility index (Phi) is 5.28. The van der Waals surface area contributed by atoms with Gasteiger partial charge in [-0.05, 0) is 30.7 Å². The highest BCUT2D eigenvalue weighted by Gasteiger charge is 2.13. The van der Waals surface area contributed by atoms with E-state index in [2.05, 4.69) is 9.97 Å². The SMILES string of the molecule is Cc1[nH]c(SCC(=O)c2ccc(F)c(F)c2)nc1Cc1ccccc1. The molecule has 3 nitrogen and oxygen atoms in total. The van der Waals surface area contributed by atoms with Crippen molar-refractivity contribution >= 4 is 17.5 Å². The fourth-order valence-electron chi connectivity index (χ4n) is 2.38. The molecule has 3 rings (SSSR count). The van der Waals surface area contributed by atoms with Gasteiger partial charge < -0.3 is 4.98 Å². The first-order valence-corrected chi connectivity index (χ1v) is 8.72. The Balaban J connectivity index is 1.64. The molecule has 0 amide bonds. The van der Waals surface area contributed by atoms with E-state index in [-0.39, 0.29) is 17.1 Å². The average molecular weight is 358 g/mol. The number of nitrogens with one attached hydrogen (secondary N) is 1. The van der Waals surface area contributed by atoms with Crippen LogP contribution in [0.3, 0.4) is 0 Å². The summed E-state index contributed by atoms with van der Waals surface area (Å²) in [7, 11) is 0. The molecule has 0 saturated carbocycles. The molecule has 3 aromatic rings. The second-order valence-corrected chi connectivity index (χ2v) is 6.58. The van der Waals surface area contributed by atoms with E-state index in [9.17, 15) is 13.6 Å². The van der Waals surface area contributed by atoms with Crippen molar-refractivity contribution < 1.29 is 13.6 Å². The van der Waals surface area contributed by atoms with Crippen LogP contribution in [0, 0.1) is 18.6 Å². The van der Waals surface area contributed by atoms with Crippen molar-refractivity contribution in [3.8, 4) is 0 Å². The fraction of sp³-hybridized carbons (Fsp3) is 0.158. The van der Waals surface area contributed by atoms with Gasteiger partial charge in [0, 0.05) is 17.7 Å². The van der Waals surface area contributed by atoms with Crippen LogP contribution in [0.25, 0.3) is 0 Å². The summed E-state index contributed by atoms with van der Waals surface area (Å²) in [5.41, 5.74) is 3.19. The maximum Gasteiger partial charge on any atom is 0.173 e. The Bertz CT molecular complexity index is 894. The number of rotatable bonds is 6. The highest BCUT2D eigenvalue weighted by Crippen LogP contribution is 2.20. The highest BCUT2D eigenvalue weighted by atomic mass is 32.2. The molecule has 0 radical (unpaired) electrons. The van der Waals surface area contributed by atoms with Gasteiger partial charge in [-0.15, -0.1) is 0 Å².